The topological polar surface area (TPSA) is 23.5 Å². The molecule has 0 bridgehead atoms. The molecule has 1 aromatic carbocycles. The maximum atomic E-state index is 9.68. The SMILES string of the molecule is CN(Cc1ccccc1)[C@@H]1C[C@H]2C[C@@H](O)C[C@H]2C1. The molecule has 2 saturated carbocycles. The van der Waals surface area contributed by atoms with Crippen LogP contribution < -0.4 is 0 Å². The second-order valence-electron chi connectivity index (χ2n) is 6.17. The maximum Gasteiger partial charge on any atom is 0.0545 e. The number of nitrogens with zero attached hydrogens (tertiary/aromatic N) is 1. The molecule has 0 aliphatic heterocycles. The molecule has 2 aliphatic carbocycles. The Morgan fingerprint density at radius 2 is 1.67 bits per heavy atom. The summed E-state index contributed by atoms with van der Waals surface area (Å²) in [5.41, 5.74) is 1.40. The van der Waals surface area contributed by atoms with Crippen molar-refractivity contribution >= 4 is 0 Å². The van der Waals surface area contributed by atoms with E-state index >= 15 is 0 Å². The second-order valence-corrected chi connectivity index (χ2v) is 6.17. The van der Waals surface area contributed by atoms with Crippen LogP contribution in [0.3, 0.4) is 0 Å². The van der Waals surface area contributed by atoms with Crippen LogP contribution in [0.5, 0.6) is 0 Å². The number of hydrogen-bond donors (Lipinski definition) is 1. The van der Waals surface area contributed by atoms with Gasteiger partial charge < -0.3 is 5.11 Å². The molecule has 2 nitrogen and oxygen atoms in total. The molecule has 0 spiro atoms. The summed E-state index contributed by atoms with van der Waals surface area (Å²) >= 11 is 0. The molecule has 2 heteroatoms. The predicted octanol–water partition coefficient (Wildman–Crippen LogP) is 2.67. The summed E-state index contributed by atoms with van der Waals surface area (Å²) < 4.78 is 0. The lowest BCUT2D eigenvalue weighted by Crippen LogP contribution is -2.29. The van der Waals surface area contributed by atoms with E-state index in [1.54, 1.807) is 0 Å². The zero-order valence-corrected chi connectivity index (χ0v) is 11.1. The van der Waals surface area contributed by atoms with Crippen LogP contribution in [0.25, 0.3) is 0 Å². The summed E-state index contributed by atoms with van der Waals surface area (Å²) in [6.07, 6.45) is 4.64. The highest BCUT2D eigenvalue weighted by molar-refractivity contribution is 5.14. The van der Waals surface area contributed by atoms with Crippen molar-refractivity contribution in [1.82, 2.24) is 4.90 Å². The smallest absolute Gasteiger partial charge is 0.0545 e. The first-order chi connectivity index (χ1) is 8.72. The van der Waals surface area contributed by atoms with Gasteiger partial charge in [0.05, 0.1) is 6.10 Å². The van der Waals surface area contributed by atoms with E-state index in [2.05, 4.69) is 42.3 Å². The Morgan fingerprint density at radius 1 is 1.06 bits per heavy atom. The average molecular weight is 245 g/mol. The van der Waals surface area contributed by atoms with Gasteiger partial charge in [-0.25, -0.2) is 0 Å². The molecule has 0 saturated heterocycles. The minimum absolute atomic E-state index is 0.0135. The van der Waals surface area contributed by atoms with Crippen LogP contribution in [0.4, 0.5) is 0 Å². The van der Waals surface area contributed by atoms with E-state index in [4.69, 9.17) is 0 Å². The molecule has 2 aliphatic rings. The number of benzene rings is 1. The van der Waals surface area contributed by atoms with Crippen molar-refractivity contribution in [3.8, 4) is 0 Å². The fourth-order valence-corrected chi connectivity index (χ4v) is 3.91. The molecule has 98 valence electrons. The Morgan fingerprint density at radius 3 is 2.28 bits per heavy atom. The number of fused-ring (bicyclic) bond motifs is 1. The highest BCUT2D eigenvalue weighted by Gasteiger charge is 2.42. The second kappa shape index (κ2) is 5.02. The summed E-state index contributed by atoms with van der Waals surface area (Å²) in [4.78, 5) is 2.50. The van der Waals surface area contributed by atoms with Crippen LogP contribution in [0, 0.1) is 11.8 Å². The molecule has 0 aromatic heterocycles. The van der Waals surface area contributed by atoms with Crippen molar-refractivity contribution in [3.05, 3.63) is 35.9 Å². The average Bonchev–Trinajstić information content (AvgIpc) is 2.87. The zero-order chi connectivity index (χ0) is 12.5. The fourth-order valence-electron chi connectivity index (χ4n) is 3.91. The fraction of sp³-hybridized carbons (Fsp3) is 0.625. The number of aliphatic hydroxyl groups is 1. The van der Waals surface area contributed by atoms with Crippen molar-refractivity contribution in [2.24, 2.45) is 11.8 Å². The van der Waals surface area contributed by atoms with E-state index in [1.807, 2.05) is 0 Å². The van der Waals surface area contributed by atoms with Crippen molar-refractivity contribution in [2.45, 2.75) is 44.4 Å². The van der Waals surface area contributed by atoms with Crippen molar-refractivity contribution in [3.63, 3.8) is 0 Å². The Balaban J connectivity index is 1.57. The monoisotopic (exact) mass is 245 g/mol. The third-order valence-corrected chi connectivity index (χ3v) is 4.86. The summed E-state index contributed by atoms with van der Waals surface area (Å²) in [5, 5.41) is 9.68. The van der Waals surface area contributed by atoms with Crippen LogP contribution in [-0.4, -0.2) is 29.2 Å². The summed E-state index contributed by atoms with van der Waals surface area (Å²) in [6.45, 7) is 1.05. The van der Waals surface area contributed by atoms with Crippen LogP contribution in [0.2, 0.25) is 0 Å². The number of aliphatic hydroxyl groups excluding tert-OH is 1. The molecular weight excluding hydrogens is 222 g/mol. The standard InChI is InChI=1S/C16H23NO/c1-17(11-12-5-3-2-4-6-12)15-7-13-9-16(18)10-14(13)8-15/h2-6,13-16,18H,7-11H2,1H3/t13-,14+,15+,16+. The highest BCUT2D eigenvalue weighted by Crippen LogP contribution is 2.45. The molecular formula is C16H23NO. The Bertz CT molecular complexity index is 377. The van der Waals surface area contributed by atoms with Crippen molar-refractivity contribution in [1.29, 1.82) is 0 Å². The molecule has 0 radical (unpaired) electrons. The lowest BCUT2D eigenvalue weighted by atomic mass is 10.0. The number of rotatable bonds is 3. The first kappa shape index (κ1) is 12.2. The first-order valence-electron chi connectivity index (χ1n) is 7.14. The van der Waals surface area contributed by atoms with Crippen LogP contribution >= 0.6 is 0 Å². The van der Waals surface area contributed by atoms with Gasteiger partial charge in [0.2, 0.25) is 0 Å². The Kier molecular flexibility index (Phi) is 3.40. The van der Waals surface area contributed by atoms with E-state index < -0.39 is 0 Å². The van der Waals surface area contributed by atoms with E-state index in [0.717, 1.165) is 31.2 Å². The Labute approximate surface area is 110 Å². The van der Waals surface area contributed by atoms with Crippen molar-refractivity contribution in [2.75, 3.05) is 7.05 Å². The normalized spacial score (nSPS) is 35.1. The van der Waals surface area contributed by atoms with E-state index in [-0.39, 0.29) is 6.10 Å². The first-order valence-corrected chi connectivity index (χ1v) is 7.14. The van der Waals surface area contributed by atoms with Gasteiger partial charge in [0.1, 0.15) is 0 Å². The van der Waals surface area contributed by atoms with E-state index in [0.29, 0.717) is 6.04 Å². The number of hydrogen-bond acceptors (Lipinski definition) is 2. The molecule has 0 amide bonds. The van der Waals surface area contributed by atoms with Crippen molar-refractivity contribution < 1.29 is 5.11 Å². The zero-order valence-electron chi connectivity index (χ0n) is 11.1. The predicted molar refractivity (Wildman–Crippen MR) is 73.2 cm³/mol. The molecule has 1 N–H and O–H groups in total. The van der Waals surface area contributed by atoms with Gasteiger partial charge in [-0.2, -0.15) is 0 Å². The molecule has 2 fully saturated rings. The third kappa shape index (κ3) is 2.45. The quantitative estimate of drug-likeness (QED) is 0.885. The molecule has 18 heavy (non-hydrogen) atoms. The summed E-state index contributed by atoms with van der Waals surface area (Å²) in [6, 6.07) is 11.4. The highest BCUT2D eigenvalue weighted by atomic mass is 16.3. The van der Waals surface area contributed by atoms with Gasteiger partial charge >= 0.3 is 0 Å². The van der Waals surface area contributed by atoms with E-state index in [9.17, 15) is 5.11 Å². The minimum atomic E-state index is -0.0135. The summed E-state index contributed by atoms with van der Waals surface area (Å²) in [7, 11) is 2.25. The largest absolute Gasteiger partial charge is 0.393 e. The summed E-state index contributed by atoms with van der Waals surface area (Å²) in [5.74, 6) is 1.56. The van der Waals surface area contributed by atoms with Crippen LogP contribution in [0.1, 0.15) is 31.2 Å². The molecule has 1 aromatic rings. The maximum absolute atomic E-state index is 9.68. The minimum Gasteiger partial charge on any atom is -0.393 e. The van der Waals surface area contributed by atoms with Gasteiger partial charge in [-0.1, -0.05) is 30.3 Å². The van der Waals surface area contributed by atoms with Gasteiger partial charge in [-0.3, -0.25) is 4.90 Å². The molecule has 0 unspecified atom stereocenters. The van der Waals surface area contributed by atoms with Gasteiger partial charge in [0.25, 0.3) is 0 Å². The third-order valence-electron chi connectivity index (χ3n) is 4.86. The lowest BCUT2D eigenvalue weighted by molar-refractivity contribution is 0.158. The van der Waals surface area contributed by atoms with E-state index in [1.165, 1.54) is 18.4 Å². The molecule has 4 atom stereocenters. The van der Waals surface area contributed by atoms with Crippen LogP contribution in [-0.2, 0) is 6.54 Å². The Hall–Kier alpha value is -0.860. The van der Waals surface area contributed by atoms with Gasteiger partial charge in [0, 0.05) is 12.6 Å². The van der Waals surface area contributed by atoms with Gasteiger partial charge in [0.15, 0.2) is 0 Å². The lowest BCUT2D eigenvalue weighted by Gasteiger charge is -2.25. The molecule has 3 rings (SSSR count). The van der Waals surface area contributed by atoms with Crippen LogP contribution in [0.15, 0.2) is 30.3 Å². The molecule has 0 heterocycles. The van der Waals surface area contributed by atoms with Gasteiger partial charge in [-0.05, 0) is 50.1 Å². The van der Waals surface area contributed by atoms with Gasteiger partial charge in [-0.15, -0.1) is 0 Å².